The summed E-state index contributed by atoms with van der Waals surface area (Å²) in [5.74, 6) is 0.599. The van der Waals surface area contributed by atoms with Crippen LogP contribution in [0.1, 0.15) is 38.5 Å². The number of piperidine rings is 3. The number of benzene rings is 1. The molecule has 0 radical (unpaired) electrons. The number of hydrogen-bond donors (Lipinski definition) is 1. The Bertz CT molecular complexity index is 576. The Balaban J connectivity index is 1.62. The predicted octanol–water partition coefficient (Wildman–Crippen LogP) is 2.86. The SMILES string of the molecule is O=C(Oc1ccccc1)C(O)(C1CCCC1)C1CN2CCC1CC2. The van der Waals surface area contributed by atoms with E-state index in [2.05, 4.69) is 4.90 Å². The lowest BCUT2D eigenvalue weighted by Gasteiger charge is -2.51. The number of hydrogen-bond acceptors (Lipinski definition) is 4. The van der Waals surface area contributed by atoms with E-state index in [1.165, 1.54) is 0 Å². The van der Waals surface area contributed by atoms with Crippen LogP contribution in [0, 0.1) is 17.8 Å². The van der Waals surface area contributed by atoms with Gasteiger partial charge in [0.05, 0.1) is 0 Å². The van der Waals surface area contributed by atoms with E-state index in [0.29, 0.717) is 11.7 Å². The highest BCUT2D eigenvalue weighted by atomic mass is 16.6. The Morgan fingerprint density at radius 2 is 1.75 bits per heavy atom. The maximum Gasteiger partial charge on any atom is 0.344 e. The van der Waals surface area contributed by atoms with Gasteiger partial charge in [0.1, 0.15) is 5.75 Å². The maximum absolute atomic E-state index is 13.1. The number of carbonyl (C=O) groups excluding carboxylic acids is 1. The number of nitrogens with zero attached hydrogens (tertiary/aromatic N) is 1. The van der Waals surface area contributed by atoms with Crippen molar-refractivity contribution in [2.24, 2.45) is 17.8 Å². The van der Waals surface area contributed by atoms with E-state index < -0.39 is 11.6 Å². The van der Waals surface area contributed by atoms with Gasteiger partial charge in [-0.3, -0.25) is 0 Å². The molecule has 1 aromatic rings. The van der Waals surface area contributed by atoms with Crippen molar-refractivity contribution in [3.63, 3.8) is 0 Å². The number of para-hydroxylation sites is 1. The fourth-order valence-electron chi connectivity index (χ4n) is 5.13. The van der Waals surface area contributed by atoms with E-state index in [1.54, 1.807) is 12.1 Å². The Labute approximate surface area is 143 Å². The van der Waals surface area contributed by atoms with Crippen LogP contribution in [0.15, 0.2) is 30.3 Å². The first-order chi connectivity index (χ1) is 11.7. The molecule has 3 heterocycles. The molecule has 4 fully saturated rings. The van der Waals surface area contributed by atoms with Gasteiger partial charge in [0.15, 0.2) is 5.60 Å². The second-order valence-electron chi connectivity index (χ2n) is 7.75. The number of carbonyl (C=O) groups is 1. The van der Waals surface area contributed by atoms with E-state index in [0.717, 1.165) is 58.2 Å². The Morgan fingerprint density at radius 3 is 2.33 bits per heavy atom. The quantitative estimate of drug-likeness (QED) is 0.682. The molecular weight excluding hydrogens is 302 g/mol. The summed E-state index contributed by atoms with van der Waals surface area (Å²) in [7, 11) is 0. The zero-order chi connectivity index (χ0) is 16.6. The molecule has 1 aromatic carbocycles. The highest BCUT2D eigenvalue weighted by Gasteiger charge is 2.56. The van der Waals surface area contributed by atoms with Crippen molar-refractivity contribution in [1.82, 2.24) is 4.90 Å². The van der Waals surface area contributed by atoms with E-state index in [9.17, 15) is 9.90 Å². The first-order valence-electron chi connectivity index (χ1n) is 9.40. The van der Waals surface area contributed by atoms with Crippen molar-refractivity contribution in [1.29, 1.82) is 0 Å². The summed E-state index contributed by atoms with van der Waals surface area (Å²) in [5, 5.41) is 11.7. The maximum atomic E-state index is 13.1. The second-order valence-corrected chi connectivity index (χ2v) is 7.75. The van der Waals surface area contributed by atoms with Gasteiger partial charge in [0.2, 0.25) is 0 Å². The fraction of sp³-hybridized carbons (Fsp3) is 0.650. The van der Waals surface area contributed by atoms with E-state index in [1.807, 2.05) is 18.2 Å². The van der Waals surface area contributed by atoms with Crippen molar-refractivity contribution in [2.45, 2.75) is 44.1 Å². The van der Waals surface area contributed by atoms with Crippen LogP contribution in [0.25, 0.3) is 0 Å². The second kappa shape index (κ2) is 6.49. The Morgan fingerprint density at radius 1 is 1.08 bits per heavy atom. The molecule has 1 N–H and O–H groups in total. The summed E-state index contributed by atoms with van der Waals surface area (Å²) in [6.45, 7) is 3.05. The number of aliphatic hydroxyl groups is 1. The topological polar surface area (TPSA) is 49.8 Å². The van der Waals surface area contributed by atoms with Crippen molar-refractivity contribution in [3.05, 3.63) is 30.3 Å². The van der Waals surface area contributed by atoms with Crippen molar-refractivity contribution in [2.75, 3.05) is 19.6 Å². The molecule has 24 heavy (non-hydrogen) atoms. The average molecular weight is 329 g/mol. The van der Waals surface area contributed by atoms with Gasteiger partial charge in [-0.25, -0.2) is 4.79 Å². The number of fused-ring (bicyclic) bond motifs is 3. The van der Waals surface area contributed by atoms with Crippen LogP contribution in [0.2, 0.25) is 0 Å². The highest BCUT2D eigenvalue weighted by Crippen LogP contribution is 2.47. The number of ether oxygens (including phenoxy) is 1. The Hall–Kier alpha value is -1.39. The predicted molar refractivity (Wildman–Crippen MR) is 91.6 cm³/mol. The minimum absolute atomic E-state index is 0.0133. The lowest BCUT2D eigenvalue weighted by Crippen LogP contribution is -2.63. The molecule has 2 unspecified atom stereocenters. The lowest BCUT2D eigenvalue weighted by molar-refractivity contribution is -0.182. The number of esters is 1. The van der Waals surface area contributed by atoms with Gasteiger partial charge in [-0.1, -0.05) is 31.0 Å². The van der Waals surface area contributed by atoms with Gasteiger partial charge in [0.25, 0.3) is 0 Å². The smallest absolute Gasteiger partial charge is 0.344 e. The molecule has 2 bridgehead atoms. The van der Waals surface area contributed by atoms with Gasteiger partial charge in [0, 0.05) is 12.5 Å². The van der Waals surface area contributed by atoms with E-state index in [-0.39, 0.29) is 11.8 Å². The fourth-order valence-corrected chi connectivity index (χ4v) is 5.13. The van der Waals surface area contributed by atoms with Crippen LogP contribution in [-0.2, 0) is 4.79 Å². The molecule has 0 spiro atoms. The third-order valence-corrected chi connectivity index (χ3v) is 6.48. The monoisotopic (exact) mass is 329 g/mol. The molecule has 4 nitrogen and oxygen atoms in total. The minimum atomic E-state index is -1.34. The summed E-state index contributed by atoms with van der Waals surface area (Å²) in [5.41, 5.74) is -1.34. The standard InChI is InChI=1S/C20H27NO3/c22-19(24-17-8-2-1-3-9-17)20(23,16-6-4-5-7-16)18-14-21-12-10-15(18)11-13-21/h1-3,8-9,15-16,18,23H,4-7,10-14H2. The van der Waals surface area contributed by atoms with Crippen LogP contribution in [0.4, 0.5) is 0 Å². The zero-order valence-electron chi connectivity index (χ0n) is 14.2. The van der Waals surface area contributed by atoms with E-state index in [4.69, 9.17) is 4.74 Å². The molecule has 130 valence electrons. The minimum Gasteiger partial charge on any atom is -0.424 e. The van der Waals surface area contributed by atoms with Crippen LogP contribution >= 0.6 is 0 Å². The first-order valence-corrected chi connectivity index (χ1v) is 9.40. The van der Waals surface area contributed by atoms with Crippen LogP contribution < -0.4 is 4.74 Å². The zero-order valence-corrected chi connectivity index (χ0v) is 14.2. The summed E-state index contributed by atoms with van der Waals surface area (Å²) in [6.07, 6.45) is 6.27. The highest BCUT2D eigenvalue weighted by molar-refractivity contribution is 5.82. The lowest BCUT2D eigenvalue weighted by atomic mass is 9.65. The van der Waals surface area contributed by atoms with Crippen LogP contribution in [-0.4, -0.2) is 41.2 Å². The molecule has 1 saturated carbocycles. The third kappa shape index (κ3) is 2.76. The van der Waals surface area contributed by atoms with Crippen LogP contribution in [0.5, 0.6) is 5.75 Å². The summed E-state index contributed by atoms with van der Waals surface area (Å²) < 4.78 is 5.65. The molecular formula is C20H27NO3. The molecule has 5 rings (SSSR count). The Kier molecular flexibility index (Phi) is 4.35. The van der Waals surface area contributed by atoms with Crippen molar-refractivity contribution < 1.29 is 14.6 Å². The summed E-state index contributed by atoms with van der Waals surface area (Å²) in [6, 6.07) is 9.16. The third-order valence-electron chi connectivity index (χ3n) is 6.48. The summed E-state index contributed by atoms with van der Waals surface area (Å²) in [4.78, 5) is 15.5. The van der Waals surface area contributed by atoms with Crippen LogP contribution in [0.3, 0.4) is 0 Å². The summed E-state index contributed by atoms with van der Waals surface area (Å²) >= 11 is 0. The van der Waals surface area contributed by atoms with Crippen molar-refractivity contribution in [3.8, 4) is 5.75 Å². The molecule has 0 amide bonds. The van der Waals surface area contributed by atoms with Gasteiger partial charge in [-0.05, 0) is 62.7 Å². The number of rotatable bonds is 4. The van der Waals surface area contributed by atoms with Crippen molar-refractivity contribution >= 4 is 5.97 Å². The molecule has 2 atom stereocenters. The molecule has 4 aliphatic rings. The van der Waals surface area contributed by atoms with E-state index >= 15 is 0 Å². The average Bonchev–Trinajstić information content (AvgIpc) is 3.18. The van der Waals surface area contributed by atoms with Gasteiger partial charge >= 0.3 is 5.97 Å². The van der Waals surface area contributed by atoms with Gasteiger partial charge < -0.3 is 14.7 Å². The first kappa shape index (κ1) is 16.1. The molecule has 0 aromatic heterocycles. The normalized spacial score (nSPS) is 32.5. The van der Waals surface area contributed by atoms with Gasteiger partial charge in [-0.15, -0.1) is 0 Å². The molecule has 3 aliphatic heterocycles. The van der Waals surface area contributed by atoms with Gasteiger partial charge in [-0.2, -0.15) is 0 Å². The molecule has 1 aliphatic carbocycles. The molecule has 4 heteroatoms. The molecule has 3 saturated heterocycles. The largest absolute Gasteiger partial charge is 0.424 e.